The third kappa shape index (κ3) is 2.62. The van der Waals surface area contributed by atoms with Gasteiger partial charge in [0, 0.05) is 19.3 Å². The molecule has 0 spiro atoms. The number of carbonyl (C=O) groups excluding carboxylic acids is 1. The largest absolute Gasteiger partial charge is 0.477 e. The molecule has 2 heterocycles. The Morgan fingerprint density at radius 3 is 2.84 bits per heavy atom. The number of amides is 1. The third-order valence-corrected chi connectivity index (χ3v) is 2.53. The van der Waals surface area contributed by atoms with E-state index in [1.165, 1.54) is 6.07 Å². The lowest BCUT2D eigenvalue weighted by molar-refractivity contribution is 0.0690. The van der Waals surface area contributed by atoms with E-state index in [0.717, 1.165) is 0 Å². The van der Waals surface area contributed by atoms with Gasteiger partial charge in [-0.1, -0.05) is 6.92 Å². The van der Waals surface area contributed by atoms with Crippen molar-refractivity contribution in [2.45, 2.75) is 13.3 Å². The van der Waals surface area contributed by atoms with E-state index in [4.69, 9.17) is 5.11 Å². The van der Waals surface area contributed by atoms with Gasteiger partial charge in [0.25, 0.3) is 5.91 Å². The van der Waals surface area contributed by atoms with Gasteiger partial charge in [-0.15, -0.1) is 0 Å². The van der Waals surface area contributed by atoms with Crippen LogP contribution in [0.5, 0.6) is 0 Å². The topological polar surface area (TPSA) is 113 Å². The van der Waals surface area contributed by atoms with Crippen LogP contribution in [0.2, 0.25) is 0 Å². The second-order valence-corrected chi connectivity index (χ2v) is 3.94. The van der Waals surface area contributed by atoms with Crippen LogP contribution in [0.25, 0.3) is 0 Å². The first-order valence-corrected chi connectivity index (χ1v) is 5.63. The highest BCUT2D eigenvalue weighted by Gasteiger charge is 2.16. The van der Waals surface area contributed by atoms with Crippen molar-refractivity contribution in [3.8, 4) is 0 Å². The van der Waals surface area contributed by atoms with E-state index in [9.17, 15) is 9.59 Å². The first-order chi connectivity index (χ1) is 9.01. The van der Waals surface area contributed by atoms with Crippen LogP contribution in [0.15, 0.2) is 12.3 Å². The van der Waals surface area contributed by atoms with E-state index in [-0.39, 0.29) is 17.4 Å². The Morgan fingerprint density at radius 1 is 1.53 bits per heavy atom. The first-order valence-electron chi connectivity index (χ1n) is 5.63. The summed E-state index contributed by atoms with van der Waals surface area (Å²) in [5, 5.41) is 21.4. The molecule has 8 nitrogen and oxygen atoms in total. The van der Waals surface area contributed by atoms with Gasteiger partial charge in [0.2, 0.25) is 0 Å². The minimum atomic E-state index is -1.14. The van der Waals surface area contributed by atoms with Gasteiger partial charge in [-0.05, 0) is 6.42 Å². The molecule has 0 aliphatic heterocycles. The van der Waals surface area contributed by atoms with Crippen molar-refractivity contribution in [2.24, 2.45) is 7.05 Å². The minimum absolute atomic E-state index is 0.0859. The molecule has 1 amide bonds. The average Bonchev–Trinajstić information content (AvgIpc) is 2.95. The number of aryl methyl sites for hydroxylation is 2. The predicted molar refractivity (Wildman–Crippen MR) is 66.1 cm³/mol. The van der Waals surface area contributed by atoms with Gasteiger partial charge >= 0.3 is 5.97 Å². The highest BCUT2D eigenvalue weighted by atomic mass is 16.4. The van der Waals surface area contributed by atoms with E-state index in [0.29, 0.717) is 17.7 Å². The van der Waals surface area contributed by atoms with Gasteiger partial charge in [0.1, 0.15) is 5.69 Å². The quantitative estimate of drug-likeness (QED) is 0.749. The Hall–Kier alpha value is -2.64. The number of H-pyrrole nitrogens is 1. The van der Waals surface area contributed by atoms with Crippen molar-refractivity contribution in [1.82, 2.24) is 20.0 Å². The zero-order valence-electron chi connectivity index (χ0n) is 10.5. The second-order valence-electron chi connectivity index (χ2n) is 3.94. The molecule has 100 valence electrons. The summed E-state index contributed by atoms with van der Waals surface area (Å²) in [5.41, 5.74) is 1.04. The number of aromatic amines is 1. The fraction of sp³-hybridized carbons (Fsp3) is 0.273. The fourth-order valence-corrected chi connectivity index (χ4v) is 1.66. The smallest absolute Gasteiger partial charge is 0.353 e. The molecule has 0 aliphatic rings. The van der Waals surface area contributed by atoms with E-state index in [1.54, 1.807) is 17.9 Å². The van der Waals surface area contributed by atoms with Crippen LogP contribution in [0, 0.1) is 0 Å². The Balaban J connectivity index is 2.18. The molecule has 0 unspecified atom stereocenters. The number of aromatic carboxylic acids is 1. The molecule has 0 saturated carbocycles. The lowest BCUT2D eigenvalue weighted by Gasteiger charge is -2.00. The van der Waals surface area contributed by atoms with Crippen molar-refractivity contribution < 1.29 is 14.7 Å². The predicted octanol–water partition coefficient (Wildman–Crippen LogP) is 0.656. The summed E-state index contributed by atoms with van der Waals surface area (Å²) in [6.45, 7) is 1.90. The first kappa shape index (κ1) is 12.8. The molecular weight excluding hydrogens is 250 g/mol. The number of hydrogen-bond donors (Lipinski definition) is 3. The van der Waals surface area contributed by atoms with Crippen LogP contribution in [0.3, 0.4) is 0 Å². The Labute approximate surface area is 108 Å². The molecule has 8 heteroatoms. The van der Waals surface area contributed by atoms with E-state index < -0.39 is 5.97 Å². The minimum Gasteiger partial charge on any atom is -0.477 e. The lowest BCUT2D eigenvalue weighted by atomic mass is 10.2. The van der Waals surface area contributed by atoms with E-state index >= 15 is 0 Å². The van der Waals surface area contributed by atoms with Crippen LogP contribution in [-0.2, 0) is 13.5 Å². The number of rotatable bonds is 4. The number of hydrogen-bond acceptors (Lipinski definition) is 4. The molecule has 0 bridgehead atoms. The molecule has 19 heavy (non-hydrogen) atoms. The molecule has 0 saturated heterocycles. The number of carboxylic acids is 1. The SMILES string of the molecule is CCc1nn(C)cc1C(=O)Nc1cc(C(=O)O)[nH]n1. The van der Waals surface area contributed by atoms with Gasteiger partial charge in [-0.3, -0.25) is 14.6 Å². The van der Waals surface area contributed by atoms with Gasteiger partial charge in [0.05, 0.1) is 11.3 Å². The standard InChI is InChI=1S/C11H13N5O3/c1-3-7-6(5-16(2)15-7)10(17)12-9-4-8(11(18)19)13-14-9/h4-5H,3H2,1-2H3,(H,18,19)(H2,12,13,14,17). The zero-order valence-corrected chi connectivity index (χ0v) is 10.5. The number of carboxylic acid groups (broad SMARTS) is 1. The average molecular weight is 263 g/mol. The molecule has 3 N–H and O–H groups in total. The summed E-state index contributed by atoms with van der Waals surface area (Å²) in [4.78, 5) is 22.7. The number of nitrogens with one attached hydrogen (secondary N) is 2. The molecule has 0 radical (unpaired) electrons. The summed E-state index contributed by atoms with van der Waals surface area (Å²) >= 11 is 0. The van der Waals surface area contributed by atoms with Gasteiger partial charge in [0.15, 0.2) is 5.82 Å². The molecule has 0 atom stereocenters. The molecule has 0 aromatic carbocycles. The van der Waals surface area contributed by atoms with Gasteiger partial charge < -0.3 is 10.4 Å². The molecule has 0 aliphatic carbocycles. The maximum atomic E-state index is 12.0. The van der Waals surface area contributed by atoms with Crippen LogP contribution in [0.4, 0.5) is 5.82 Å². The zero-order chi connectivity index (χ0) is 14.0. The summed E-state index contributed by atoms with van der Waals surface area (Å²) in [6, 6.07) is 1.25. The Morgan fingerprint density at radius 2 is 2.26 bits per heavy atom. The maximum absolute atomic E-state index is 12.0. The van der Waals surface area contributed by atoms with Crippen LogP contribution in [0.1, 0.15) is 33.5 Å². The normalized spacial score (nSPS) is 10.4. The van der Waals surface area contributed by atoms with E-state index in [2.05, 4.69) is 20.6 Å². The monoisotopic (exact) mass is 263 g/mol. The summed E-state index contributed by atoms with van der Waals surface area (Å²) in [6.07, 6.45) is 2.24. The Bertz CT molecular complexity index is 628. The van der Waals surface area contributed by atoms with Crippen LogP contribution < -0.4 is 5.32 Å². The number of nitrogens with zero attached hydrogens (tertiary/aromatic N) is 3. The van der Waals surface area contributed by atoms with Crippen molar-refractivity contribution in [1.29, 1.82) is 0 Å². The lowest BCUT2D eigenvalue weighted by Crippen LogP contribution is -2.13. The molecular formula is C11H13N5O3. The summed E-state index contributed by atoms with van der Waals surface area (Å²) < 4.78 is 1.56. The van der Waals surface area contributed by atoms with Gasteiger partial charge in [-0.25, -0.2) is 4.79 Å². The molecule has 2 aromatic heterocycles. The number of carbonyl (C=O) groups is 2. The Kier molecular flexibility index (Phi) is 3.32. The molecule has 0 fully saturated rings. The number of anilines is 1. The summed E-state index contributed by atoms with van der Waals surface area (Å²) in [5.74, 6) is -1.34. The fourth-order valence-electron chi connectivity index (χ4n) is 1.66. The van der Waals surface area contributed by atoms with Crippen molar-refractivity contribution in [3.63, 3.8) is 0 Å². The molecule has 2 aromatic rings. The highest BCUT2D eigenvalue weighted by molar-refractivity contribution is 6.04. The van der Waals surface area contributed by atoms with Crippen LogP contribution in [-0.4, -0.2) is 37.0 Å². The maximum Gasteiger partial charge on any atom is 0.353 e. The van der Waals surface area contributed by atoms with Crippen molar-refractivity contribution in [3.05, 3.63) is 29.2 Å². The van der Waals surface area contributed by atoms with Crippen LogP contribution >= 0.6 is 0 Å². The second kappa shape index (κ2) is 4.92. The van der Waals surface area contributed by atoms with Crippen molar-refractivity contribution in [2.75, 3.05) is 5.32 Å². The molecule has 2 rings (SSSR count). The van der Waals surface area contributed by atoms with Crippen molar-refractivity contribution >= 4 is 17.7 Å². The van der Waals surface area contributed by atoms with E-state index in [1.807, 2.05) is 6.92 Å². The van der Waals surface area contributed by atoms with Gasteiger partial charge in [-0.2, -0.15) is 10.2 Å². The highest BCUT2D eigenvalue weighted by Crippen LogP contribution is 2.11. The third-order valence-electron chi connectivity index (χ3n) is 2.53. The number of aromatic nitrogens is 4. The summed E-state index contributed by atoms with van der Waals surface area (Å²) in [7, 11) is 1.73.